The lowest BCUT2D eigenvalue weighted by atomic mass is 9.74. The van der Waals surface area contributed by atoms with Gasteiger partial charge in [0.2, 0.25) is 0 Å². The van der Waals surface area contributed by atoms with Crippen LogP contribution in [0.2, 0.25) is 0 Å². The molecule has 2 fully saturated rings. The lowest BCUT2D eigenvalue weighted by Gasteiger charge is -2.38. The Hall–Kier alpha value is -1.90. The average molecular weight is 445 g/mol. The van der Waals surface area contributed by atoms with Gasteiger partial charge in [-0.05, 0) is 48.6 Å². The van der Waals surface area contributed by atoms with Gasteiger partial charge in [-0.3, -0.25) is 4.90 Å². The monoisotopic (exact) mass is 444 g/mol. The molecule has 2 aromatic carbocycles. The molecule has 4 rings (SSSR count). The Labute approximate surface area is 202 Å². The fourth-order valence-electron chi connectivity index (χ4n) is 6.08. The molecule has 2 aromatic rings. The fourth-order valence-corrected chi connectivity index (χ4v) is 6.08. The largest absolute Gasteiger partial charge is 0.310 e. The van der Waals surface area contributed by atoms with Crippen LogP contribution in [-0.4, -0.2) is 24.0 Å². The number of rotatable bonds is 11. The Morgan fingerprint density at radius 2 is 1.15 bits per heavy atom. The second-order valence-electron chi connectivity index (χ2n) is 10.3. The first-order chi connectivity index (χ1) is 16.4. The molecule has 2 nitrogen and oxygen atoms in total. The molecule has 0 bridgehead atoms. The van der Waals surface area contributed by atoms with Crippen molar-refractivity contribution in [2.24, 2.45) is 11.8 Å². The molecule has 0 spiro atoms. The van der Waals surface area contributed by atoms with Crippen LogP contribution in [0.5, 0.6) is 0 Å². The summed E-state index contributed by atoms with van der Waals surface area (Å²) in [5, 5.41) is 4.03. The number of hydrogen-bond acceptors (Lipinski definition) is 2. The van der Waals surface area contributed by atoms with E-state index in [1.54, 1.807) is 0 Å². The Balaban J connectivity index is 1.31. The first-order valence-electron chi connectivity index (χ1n) is 13.6. The van der Waals surface area contributed by atoms with Gasteiger partial charge in [0.25, 0.3) is 0 Å². The lowest BCUT2D eigenvalue weighted by Crippen LogP contribution is -2.44. The van der Waals surface area contributed by atoms with Crippen LogP contribution in [0, 0.1) is 11.8 Å². The van der Waals surface area contributed by atoms with Gasteiger partial charge in [0.05, 0.1) is 0 Å². The van der Waals surface area contributed by atoms with E-state index in [1.165, 1.54) is 75.3 Å². The predicted octanol–water partition coefficient (Wildman–Crippen LogP) is 7.36. The summed E-state index contributed by atoms with van der Waals surface area (Å²) < 4.78 is 0. The van der Waals surface area contributed by atoms with E-state index in [-0.39, 0.29) is 0 Å². The topological polar surface area (TPSA) is 15.3 Å². The standard InChI is InChI=1S/C31H44N2/c1-5-15-27(16-6-1)25-33(26-28-17-7-2-8-18-28)24-14-13-23-32-31(29-19-9-3-10-20-29)30-21-11-4-12-22-30/h1-2,5-8,13-18,29-32H,3-4,9-12,19-26H2/b14-13+. The van der Waals surface area contributed by atoms with Gasteiger partial charge in [0.1, 0.15) is 0 Å². The van der Waals surface area contributed by atoms with Crippen molar-refractivity contribution in [1.29, 1.82) is 0 Å². The van der Waals surface area contributed by atoms with E-state index in [0.29, 0.717) is 0 Å². The van der Waals surface area contributed by atoms with Crippen molar-refractivity contribution in [2.45, 2.75) is 83.3 Å². The number of nitrogens with one attached hydrogen (secondary N) is 1. The Kier molecular flexibility index (Phi) is 10.1. The molecule has 1 N–H and O–H groups in total. The van der Waals surface area contributed by atoms with Crippen LogP contribution >= 0.6 is 0 Å². The van der Waals surface area contributed by atoms with Gasteiger partial charge in [-0.15, -0.1) is 0 Å². The summed E-state index contributed by atoms with van der Waals surface area (Å²) >= 11 is 0. The minimum atomic E-state index is 0.736. The summed E-state index contributed by atoms with van der Waals surface area (Å²) in [4.78, 5) is 2.54. The van der Waals surface area contributed by atoms with Crippen LogP contribution in [0.1, 0.15) is 75.3 Å². The molecular formula is C31H44N2. The first-order valence-corrected chi connectivity index (χ1v) is 13.6. The zero-order valence-electron chi connectivity index (χ0n) is 20.5. The third-order valence-electron chi connectivity index (χ3n) is 7.82. The number of hydrogen-bond donors (Lipinski definition) is 1. The molecular weight excluding hydrogens is 400 g/mol. The molecule has 0 amide bonds. The van der Waals surface area contributed by atoms with E-state index in [4.69, 9.17) is 0 Å². The van der Waals surface area contributed by atoms with Gasteiger partial charge in [-0.1, -0.05) is 111 Å². The molecule has 178 valence electrons. The smallest absolute Gasteiger partial charge is 0.0240 e. The molecule has 2 aliphatic carbocycles. The van der Waals surface area contributed by atoms with Crippen LogP contribution in [0.4, 0.5) is 0 Å². The van der Waals surface area contributed by atoms with E-state index >= 15 is 0 Å². The highest BCUT2D eigenvalue weighted by Gasteiger charge is 2.30. The Morgan fingerprint density at radius 3 is 1.64 bits per heavy atom. The fraction of sp³-hybridized carbons (Fsp3) is 0.548. The van der Waals surface area contributed by atoms with Gasteiger partial charge in [0, 0.05) is 32.2 Å². The van der Waals surface area contributed by atoms with Crippen molar-refractivity contribution >= 4 is 0 Å². The quantitative estimate of drug-likeness (QED) is 0.364. The molecule has 0 atom stereocenters. The normalized spacial score (nSPS) is 18.5. The molecule has 0 radical (unpaired) electrons. The number of nitrogens with zero attached hydrogens (tertiary/aromatic N) is 1. The van der Waals surface area contributed by atoms with Crippen molar-refractivity contribution in [1.82, 2.24) is 10.2 Å². The van der Waals surface area contributed by atoms with Crippen molar-refractivity contribution in [3.05, 3.63) is 83.9 Å². The third-order valence-corrected chi connectivity index (χ3v) is 7.82. The summed E-state index contributed by atoms with van der Waals surface area (Å²) in [5.74, 6) is 1.81. The summed E-state index contributed by atoms with van der Waals surface area (Å²) in [5.41, 5.74) is 2.77. The minimum absolute atomic E-state index is 0.736. The maximum absolute atomic E-state index is 4.03. The summed E-state index contributed by atoms with van der Waals surface area (Å²) in [7, 11) is 0. The lowest BCUT2D eigenvalue weighted by molar-refractivity contribution is 0.176. The predicted molar refractivity (Wildman–Crippen MR) is 141 cm³/mol. The molecule has 2 saturated carbocycles. The maximum atomic E-state index is 4.03. The van der Waals surface area contributed by atoms with E-state index in [0.717, 1.165) is 44.1 Å². The zero-order chi connectivity index (χ0) is 22.6. The SMILES string of the molecule is C(=C\CN(Cc1ccccc1)Cc1ccccc1)/CNC(C1CCCCC1)C1CCCCC1. The molecule has 0 heterocycles. The minimum Gasteiger partial charge on any atom is -0.310 e. The van der Waals surface area contributed by atoms with Crippen LogP contribution in [0.3, 0.4) is 0 Å². The van der Waals surface area contributed by atoms with Crippen LogP contribution in [0.15, 0.2) is 72.8 Å². The second kappa shape index (κ2) is 13.7. The highest BCUT2D eigenvalue weighted by molar-refractivity contribution is 5.17. The Bertz CT molecular complexity index is 729. The summed E-state index contributed by atoms with van der Waals surface area (Å²) in [6.45, 7) is 3.98. The average Bonchev–Trinajstić information content (AvgIpc) is 2.88. The maximum Gasteiger partial charge on any atom is 0.0240 e. The van der Waals surface area contributed by atoms with Crippen LogP contribution < -0.4 is 5.32 Å². The molecule has 0 aromatic heterocycles. The van der Waals surface area contributed by atoms with Gasteiger partial charge < -0.3 is 5.32 Å². The van der Waals surface area contributed by atoms with Gasteiger partial charge >= 0.3 is 0 Å². The third kappa shape index (κ3) is 8.12. The summed E-state index contributed by atoms with van der Waals surface area (Å²) in [6, 6.07) is 22.5. The van der Waals surface area contributed by atoms with E-state index in [9.17, 15) is 0 Å². The molecule has 0 saturated heterocycles. The second-order valence-corrected chi connectivity index (χ2v) is 10.3. The molecule has 2 heteroatoms. The van der Waals surface area contributed by atoms with Gasteiger partial charge in [0.15, 0.2) is 0 Å². The van der Waals surface area contributed by atoms with Crippen molar-refractivity contribution in [3.8, 4) is 0 Å². The van der Waals surface area contributed by atoms with E-state index in [1.807, 2.05) is 0 Å². The molecule has 33 heavy (non-hydrogen) atoms. The van der Waals surface area contributed by atoms with Gasteiger partial charge in [-0.2, -0.15) is 0 Å². The molecule has 0 unspecified atom stereocenters. The number of benzene rings is 2. The van der Waals surface area contributed by atoms with Crippen molar-refractivity contribution in [3.63, 3.8) is 0 Å². The van der Waals surface area contributed by atoms with E-state index < -0.39 is 0 Å². The van der Waals surface area contributed by atoms with Crippen molar-refractivity contribution in [2.75, 3.05) is 13.1 Å². The Morgan fingerprint density at radius 1 is 0.667 bits per heavy atom. The first kappa shape index (κ1) is 24.2. The highest BCUT2D eigenvalue weighted by atomic mass is 15.1. The van der Waals surface area contributed by atoms with Crippen LogP contribution in [0.25, 0.3) is 0 Å². The summed E-state index contributed by atoms with van der Waals surface area (Å²) in [6.07, 6.45) is 19.2. The molecule has 2 aliphatic rings. The zero-order valence-corrected chi connectivity index (χ0v) is 20.5. The van der Waals surface area contributed by atoms with E-state index in [2.05, 4.69) is 83.0 Å². The van der Waals surface area contributed by atoms with Crippen LogP contribution in [-0.2, 0) is 13.1 Å². The van der Waals surface area contributed by atoms with Crippen molar-refractivity contribution < 1.29 is 0 Å². The molecule has 0 aliphatic heterocycles. The highest BCUT2D eigenvalue weighted by Crippen LogP contribution is 2.35. The van der Waals surface area contributed by atoms with Gasteiger partial charge in [-0.25, -0.2) is 0 Å².